The van der Waals surface area contributed by atoms with Crippen LogP contribution in [0.2, 0.25) is 10.0 Å². The minimum absolute atomic E-state index is 0.0175. The smallest absolute Gasteiger partial charge is 0.371 e. The minimum Gasteiger partial charge on any atom is -0.505 e. The van der Waals surface area contributed by atoms with E-state index in [-0.39, 0.29) is 21.5 Å². The third-order valence-electron chi connectivity index (χ3n) is 2.33. The molecular weight excluding hydrogens is 345 g/mol. The molecule has 0 radical (unpaired) electrons. The maximum atomic E-state index is 12.0. The maximum Gasteiger partial charge on any atom is 0.371 e. The summed E-state index contributed by atoms with van der Waals surface area (Å²) in [6.07, 6.45) is 0. The highest BCUT2D eigenvalue weighted by molar-refractivity contribution is 7.92. The molecule has 112 valence electrons. The van der Waals surface area contributed by atoms with Crippen LogP contribution in [0.5, 0.6) is 5.75 Å². The molecule has 0 unspecified atom stereocenters. The molecule has 0 saturated carbocycles. The Balaban J connectivity index is 2.35. The average molecular weight is 352 g/mol. The summed E-state index contributed by atoms with van der Waals surface area (Å²) in [5.41, 5.74) is -0.0175. The van der Waals surface area contributed by atoms with Gasteiger partial charge < -0.3 is 14.6 Å². The number of halogens is 2. The number of nitrogens with one attached hydrogen (secondary N) is 1. The summed E-state index contributed by atoms with van der Waals surface area (Å²) in [5, 5.41) is 17.2. The predicted octanol–water partition coefficient (Wildman–Crippen LogP) is 2.79. The fourth-order valence-electron chi connectivity index (χ4n) is 1.41. The van der Waals surface area contributed by atoms with Crippen LogP contribution in [0, 0.1) is 0 Å². The fraction of sp³-hybridized carbons (Fsp3) is 0. The van der Waals surface area contributed by atoms with E-state index in [2.05, 4.69) is 4.72 Å². The molecule has 0 fully saturated rings. The van der Waals surface area contributed by atoms with Crippen LogP contribution in [-0.2, 0) is 10.0 Å². The molecule has 2 aromatic rings. The number of carbonyl (C=O) groups is 1. The molecule has 0 amide bonds. The number of benzene rings is 1. The van der Waals surface area contributed by atoms with Gasteiger partial charge in [0.2, 0.25) is 10.9 Å². The van der Waals surface area contributed by atoms with Crippen molar-refractivity contribution in [3.05, 3.63) is 40.1 Å². The topological polar surface area (TPSA) is 117 Å². The second-order valence-electron chi connectivity index (χ2n) is 3.82. The highest BCUT2D eigenvalue weighted by atomic mass is 35.5. The van der Waals surface area contributed by atoms with Crippen molar-refractivity contribution in [2.45, 2.75) is 5.09 Å². The summed E-state index contributed by atoms with van der Waals surface area (Å²) in [4.78, 5) is 10.7. The number of phenolic OH excluding ortho intramolecular Hbond substituents is 1. The number of rotatable bonds is 4. The third-order valence-corrected chi connectivity index (χ3v) is 4.16. The monoisotopic (exact) mass is 351 g/mol. The number of carboxylic acid groups (broad SMARTS) is 1. The van der Waals surface area contributed by atoms with Gasteiger partial charge in [0, 0.05) is 0 Å². The van der Waals surface area contributed by atoms with E-state index in [9.17, 15) is 18.3 Å². The van der Waals surface area contributed by atoms with Crippen molar-refractivity contribution in [2.75, 3.05) is 4.72 Å². The fourth-order valence-corrected chi connectivity index (χ4v) is 2.87. The number of hydrogen-bond acceptors (Lipinski definition) is 5. The normalized spacial score (nSPS) is 11.3. The number of sulfonamides is 1. The molecule has 2 rings (SSSR count). The van der Waals surface area contributed by atoms with E-state index in [1.807, 2.05) is 0 Å². The second-order valence-corrected chi connectivity index (χ2v) is 6.25. The zero-order chi connectivity index (χ0) is 15.8. The Morgan fingerprint density at radius 1 is 1.19 bits per heavy atom. The van der Waals surface area contributed by atoms with E-state index < -0.39 is 26.8 Å². The summed E-state index contributed by atoms with van der Waals surface area (Å²) >= 11 is 11.3. The van der Waals surface area contributed by atoms with Crippen LogP contribution < -0.4 is 4.72 Å². The molecule has 1 aromatic heterocycles. The number of aromatic hydroxyl groups is 1. The zero-order valence-electron chi connectivity index (χ0n) is 10.0. The lowest BCUT2D eigenvalue weighted by molar-refractivity contribution is 0.0656. The third kappa shape index (κ3) is 3.23. The maximum absolute atomic E-state index is 12.0. The van der Waals surface area contributed by atoms with Crippen LogP contribution in [0.25, 0.3) is 0 Å². The van der Waals surface area contributed by atoms with Gasteiger partial charge >= 0.3 is 5.97 Å². The predicted molar refractivity (Wildman–Crippen MR) is 74.6 cm³/mol. The van der Waals surface area contributed by atoms with E-state index in [4.69, 9.17) is 32.7 Å². The van der Waals surface area contributed by atoms with Crippen LogP contribution in [0.1, 0.15) is 10.6 Å². The van der Waals surface area contributed by atoms with Crippen LogP contribution in [0.15, 0.2) is 33.8 Å². The van der Waals surface area contributed by atoms with Gasteiger partial charge in [0.05, 0.1) is 15.7 Å². The number of phenols is 1. The summed E-state index contributed by atoms with van der Waals surface area (Å²) in [7, 11) is -4.15. The van der Waals surface area contributed by atoms with Crippen molar-refractivity contribution in [1.29, 1.82) is 0 Å². The standard InChI is InChI=1S/C11H7Cl2NO6S/c12-6-3-5(4-7(13)10(6)15)14-21(18,19)9-2-1-8(20-9)11(16)17/h1-4,14-15H,(H,16,17). The Kier molecular flexibility index (Phi) is 4.04. The first kappa shape index (κ1) is 15.5. The molecule has 0 aliphatic carbocycles. The summed E-state index contributed by atoms with van der Waals surface area (Å²) in [6, 6.07) is 4.28. The summed E-state index contributed by atoms with van der Waals surface area (Å²) in [5.74, 6) is -2.29. The van der Waals surface area contributed by atoms with Gasteiger partial charge in [0.25, 0.3) is 10.0 Å². The largest absolute Gasteiger partial charge is 0.505 e. The molecule has 3 N–H and O–H groups in total. The molecule has 21 heavy (non-hydrogen) atoms. The lowest BCUT2D eigenvalue weighted by Gasteiger charge is -2.08. The first-order chi connectivity index (χ1) is 9.70. The first-order valence-corrected chi connectivity index (χ1v) is 7.48. The lowest BCUT2D eigenvalue weighted by atomic mass is 10.3. The number of carboxylic acids is 1. The molecule has 0 spiro atoms. The van der Waals surface area contributed by atoms with Crippen molar-refractivity contribution in [2.24, 2.45) is 0 Å². The summed E-state index contributed by atoms with van der Waals surface area (Å²) in [6.45, 7) is 0. The Morgan fingerprint density at radius 2 is 1.76 bits per heavy atom. The van der Waals surface area contributed by atoms with Gasteiger partial charge in [0.1, 0.15) is 0 Å². The van der Waals surface area contributed by atoms with Crippen molar-refractivity contribution in [3.8, 4) is 5.75 Å². The first-order valence-electron chi connectivity index (χ1n) is 5.24. The molecule has 0 atom stereocenters. The Hall–Kier alpha value is -1.90. The molecule has 0 aliphatic rings. The molecule has 0 aliphatic heterocycles. The van der Waals surface area contributed by atoms with Gasteiger partial charge in [-0.3, -0.25) is 4.72 Å². The SMILES string of the molecule is O=C(O)c1ccc(S(=O)(=O)Nc2cc(Cl)c(O)c(Cl)c2)o1. The van der Waals surface area contributed by atoms with Gasteiger partial charge in [-0.2, -0.15) is 8.42 Å². The number of aromatic carboxylic acids is 1. The van der Waals surface area contributed by atoms with Crippen molar-refractivity contribution >= 4 is 44.9 Å². The average Bonchev–Trinajstić information content (AvgIpc) is 2.85. The summed E-state index contributed by atoms with van der Waals surface area (Å²) < 4.78 is 30.8. The van der Waals surface area contributed by atoms with E-state index >= 15 is 0 Å². The van der Waals surface area contributed by atoms with Crippen LogP contribution >= 0.6 is 23.2 Å². The van der Waals surface area contributed by atoms with Gasteiger partial charge in [-0.05, 0) is 24.3 Å². The number of anilines is 1. The molecule has 0 saturated heterocycles. The molecule has 0 bridgehead atoms. The second kappa shape index (κ2) is 5.47. The van der Waals surface area contributed by atoms with Crippen LogP contribution in [0.3, 0.4) is 0 Å². The molecule has 7 nitrogen and oxygen atoms in total. The molecule has 1 aromatic carbocycles. The lowest BCUT2D eigenvalue weighted by Crippen LogP contribution is -2.12. The Morgan fingerprint density at radius 3 is 2.24 bits per heavy atom. The van der Waals surface area contributed by atoms with Gasteiger partial charge in [0.15, 0.2) is 5.75 Å². The van der Waals surface area contributed by atoms with Crippen molar-refractivity contribution in [1.82, 2.24) is 0 Å². The van der Waals surface area contributed by atoms with Crippen molar-refractivity contribution in [3.63, 3.8) is 0 Å². The van der Waals surface area contributed by atoms with Gasteiger partial charge in [-0.25, -0.2) is 4.79 Å². The van der Waals surface area contributed by atoms with Gasteiger partial charge in [-0.15, -0.1) is 0 Å². The number of furan rings is 1. The number of hydrogen-bond donors (Lipinski definition) is 3. The zero-order valence-corrected chi connectivity index (χ0v) is 12.3. The van der Waals surface area contributed by atoms with Crippen LogP contribution in [0.4, 0.5) is 5.69 Å². The van der Waals surface area contributed by atoms with E-state index in [0.29, 0.717) is 0 Å². The molecule has 10 heteroatoms. The van der Waals surface area contributed by atoms with Crippen LogP contribution in [-0.4, -0.2) is 24.6 Å². The Bertz CT molecular complexity index is 791. The minimum atomic E-state index is -4.15. The highest BCUT2D eigenvalue weighted by Gasteiger charge is 2.22. The quantitative estimate of drug-likeness (QED) is 0.729. The van der Waals surface area contributed by atoms with E-state index in [1.54, 1.807) is 0 Å². The molecule has 1 heterocycles. The van der Waals surface area contributed by atoms with Gasteiger partial charge in [-0.1, -0.05) is 23.2 Å². The van der Waals surface area contributed by atoms with E-state index in [1.165, 1.54) is 0 Å². The molecular formula is C11H7Cl2NO6S. The highest BCUT2D eigenvalue weighted by Crippen LogP contribution is 2.35. The Labute approximate surface area is 128 Å². The van der Waals surface area contributed by atoms with Crippen molar-refractivity contribution < 1.29 is 27.8 Å². The van der Waals surface area contributed by atoms with E-state index in [0.717, 1.165) is 24.3 Å².